The third-order valence-corrected chi connectivity index (χ3v) is 5.62. The molecule has 4 nitrogen and oxygen atoms in total. The quantitative estimate of drug-likeness (QED) is 0.631. The molecule has 0 bridgehead atoms. The minimum atomic E-state index is -0.161. The van der Waals surface area contributed by atoms with Crippen LogP contribution in [0.5, 0.6) is 0 Å². The molecular formula is C15H22O4. The summed E-state index contributed by atoms with van der Waals surface area (Å²) in [7, 11) is 0. The van der Waals surface area contributed by atoms with Gasteiger partial charge in [-0.1, -0.05) is 13.8 Å². The Morgan fingerprint density at radius 1 is 1.16 bits per heavy atom. The fourth-order valence-corrected chi connectivity index (χ4v) is 4.45. The average molecular weight is 266 g/mol. The zero-order valence-electron chi connectivity index (χ0n) is 11.8. The van der Waals surface area contributed by atoms with Crippen LogP contribution < -0.4 is 0 Å². The Kier molecular flexibility index (Phi) is 2.88. The van der Waals surface area contributed by atoms with Gasteiger partial charge in [0.15, 0.2) is 0 Å². The van der Waals surface area contributed by atoms with Crippen molar-refractivity contribution in [2.24, 2.45) is 23.2 Å². The van der Waals surface area contributed by atoms with Crippen LogP contribution in [-0.2, 0) is 19.1 Å². The molecule has 2 heterocycles. The summed E-state index contributed by atoms with van der Waals surface area (Å²) in [4.78, 5) is 23.5. The number of fused-ring (bicyclic) bond motifs is 3. The van der Waals surface area contributed by atoms with E-state index in [1.54, 1.807) is 0 Å². The molecule has 0 spiro atoms. The summed E-state index contributed by atoms with van der Waals surface area (Å²) in [5.41, 5.74) is 0.0527. The van der Waals surface area contributed by atoms with Crippen LogP contribution in [0.3, 0.4) is 0 Å². The lowest BCUT2D eigenvalue weighted by molar-refractivity contribution is -0.160. The normalized spacial score (nSPS) is 49.7. The molecule has 0 N–H and O–H groups in total. The maximum absolute atomic E-state index is 11.8. The zero-order valence-corrected chi connectivity index (χ0v) is 11.8. The number of carbonyl (C=O) groups is 2. The van der Waals surface area contributed by atoms with Gasteiger partial charge in [0.1, 0.15) is 12.2 Å². The van der Waals surface area contributed by atoms with Crippen LogP contribution >= 0.6 is 0 Å². The Hall–Kier alpha value is -1.06. The lowest BCUT2D eigenvalue weighted by atomic mass is 9.58. The summed E-state index contributed by atoms with van der Waals surface area (Å²) in [6, 6.07) is 0. The molecule has 2 saturated heterocycles. The first-order chi connectivity index (χ1) is 8.92. The van der Waals surface area contributed by atoms with E-state index in [2.05, 4.69) is 6.92 Å². The summed E-state index contributed by atoms with van der Waals surface area (Å²) >= 11 is 0. The molecule has 0 aromatic heterocycles. The molecule has 6 atom stereocenters. The van der Waals surface area contributed by atoms with Crippen molar-refractivity contribution < 1.29 is 19.1 Å². The highest BCUT2D eigenvalue weighted by atomic mass is 16.6. The highest BCUT2D eigenvalue weighted by Gasteiger charge is 2.57. The van der Waals surface area contributed by atoms with Crippen molar-refractivity contribution in [1.29, 1.82) is 0 Å². The minimum absolute atomic E-state index is 0.0132. The van der Waals surface area contributed by atoms with E-state index in [0.29, 0.717) is 12.3 Å². The molecule has 19 heavy (non-hydrogen) atoms. The summed E-state index contributed by atoms with van der Waals surface area (Å²) in [5.74, 6) is 0.233. The van der Waals surface area contributed by atoms with E-state index in [9.17, 15) is 9.59 Å². The second-order valence-corrected chi connectivity index (χ2v) is 6.77. The fraction of sp³-hybridized carbons (Fsp3) is 0.867. The van der Waals surface area contributed by atoms with Crippen LogP contribution in [0.15, 0.2) is 0 Å². The molecule has 0 radical (unpaired) electrons. The van der Waals surface area contributed by atoms with Crippen LogP contribution in [0.25, 0.3) is 0 Å². The lowest BCUT2D eigenvalue weighted by Crippen LogP contribution is -2.49. The first-order valence-electron chi connectivity index (χ1n) is 7.32. The van der Waals surface area contributed by atoms with E-state index >= 15 is 0 Å². The number of ether oxygens (including phenoxy) is 2. The summed E-state index contributed by atoms with van der Waals surface area (Å²) < 4.78 is 11.1. The Morgan fingerprint density at radius 2 is 1.89 bits per heavy atom. The molecular weight excluding hydrogens is 244 g/mol. The first kappa shape index (κ1) is 12.9. The van der Waals surface area contributed by atoms with Crippen molar-refractivity contribution in [3.8, 4) is 0 Å². The van der Waals surface area contributed by atoms with Gasteiger partial charge in [-0.3, -0.25) is 9.59 Å². The SMILES string of the molecule is CC1OC(=O)CC[C@]2(C)CC[C@@H]3[C@H](OC(=O)[C@H]3C)[C@@H]12. The lowest BCUT2D eigenvalue weighted by Gasteiger charge is -2.47. The van der Waals surface area contributed by atoms with E-state index < -0.39 is 0 Å². The predicted octanol–water partition coefficient (Wildman–Crippen LogP) is 2.31. The zero-order chi connectivity index (χ0) is 13.8. The van der Waals surface area contributed by atoms with E-state index in [1.807, 2.05) is 13.8 Å². The maximum Gasteiger partial charge on any atom is 0.309 e. The van der Waals surface area contributed by atoms with Crippen molar-refractivity contribution >= 4 is 11.9 Å². The summed E-state index contributed by atoms with van der Waals surface area (Å²) in [5, 5.41) is 0. The third-order valence-electron chi connectivity index (χ3n) is 5.62. The smallest absolute Gasteiger partial charge is 0.309 e. The first-order valence-corrected chi connectivity index (χ1v) is 7.32. The van der Waals surface area contributed by atoms with Crippen molar-refractivity contribution in [2.45, 2.75) is 58.7 Å². The Morgan fingerprint density at radius 3 is 2.63 bits per heavy atom. The molecule has 3 rings (SSSR count). The van der Waals surface area contributed by atoms with Gasteiger partial charge in [-0.05, 0) is 31.6 Å². The number of carbonyl (C=O) groups excluding carboxylic acids is 2. The Labute approximate surface area is 113 Å². The molecule has 1 unspecified atom stereocenters. The molecule has 106 valence electrons. The van der Waals surface area contributed by atoms with Crippen LogP contribution in [0.2, 0.25) is 0 Å². The van der Waals surface area contributed by atoms with E-state index in [1.165, 1.54) is 0 Å². The van der Waals surface area contributed by atoms with Crippen molar-refractivity contribution in [3.05, 3.63) is 0 Å². The summed E-state index contributed by atoms with van der Waals surface area (Å²) in [6.07, 6.45) is 3.17. The van der Waals surface area contributed by atoms with Gasteiger partial charge in [0.05, 0.1) is 5.92 Å². The monoisotopic (exact) mass is 266 g/mol. The van der Waals surface area contributed by atoms with Crippen molar-refractivity contribution in [3.63, 3.8) is 0 Å². The molecule has 4 heteroatoms. The van der Waals surface area contributed by atoms with Gasteiger partial charge >= 0.3 is 11.9 Å². The fourth-order valence-electron chi connectivity index (χ4n) is 4.45. The second kappa shape index (κ2) is 4.22. The van der Waals surface area contributed by atoms with Crippen LogP contribution in [0.4, 0.5) is 0 Å². The number of esters is 2. The highest BCUT2D eigenvalue weighted by Crippen LogP contribution is 2.54. The molecule has 1 saturated carbocycles. The second-order valence-electron chi connectivity index (χ2n) is 6.77. The van der Waals surface area contributed by atoms with Crippen LogP contribution in [-0.4, -0.2) is 24.1 Å². The molecule has 3 aliphatic rings. The van der Waals surface area contributed by atoms with Gasteiger partial charge in [0.2, 0.25) is 0 Å². The third kappa shape index (κ3) is 1.87. The maximum atomic E-state index is 11.8. The summed E-state index contributed by atoms with van der Waals surface area (Å²) in [6.45, 7) is 6.14. The largest absolute Gasteiger partial charge is 0.462 e. The highest BCUT2D eigenvalue weighted by molar-refractivity contribution is 5.75. The van der Waals surface area contributed by atoms with Gasteiger partial charge in [0.25, 0.3) is 0 Å². The van der Waals surface area contributed by atoms with Gasteiger partial charge in [-0.2, -0.15) is 0 Å². The molecule has 0 aromatic rings. The van der Waals surface area contributed by atoms with Crippen molar-refractivity contribution in [2.75, 3.05) is 0 Å². The average Bonchev–Trinajstić information content (AvgIpc) is 2.55. The van der Waals surface area contributed by atoms with Gasteiger partial charge in [-0.25, -0.2) is 0 Å². The number of rotatable bonds is 0. The van der Waals surface area contributed by atoms with E-state index in [0.717, 1.165) is 19.3 Å². The predicted molar refractivity (Wildman–Crippen MR) is 68.2 cm³/mol. The number of hydrogen-bond donors (Lipinski definition) is 0. The molecule has 0 amide bonds. The topological polar surface area (TPSA) is 52.6 Å². The van der Waals surface area contributed by atoms with Crippen LogP contribution in [0, 0.1) is 23.2 Å². The number of hydrogen-bond acceptors (Lipinski definition) is 4. The molecule has 3 fully saturated rings. The Bertz CT molecular complexity index is 418. The van der Waals surface area contributed by atoms with Gasteiger partial charge in [0, 0.05) is 18.3 Å². The van der Waals surface area contributed by atoms with Crippen molar-refractivity contribution in [1.82, 2.24) is 0 Å². The Balaban J connectivity index is 1.95. The standard InChI is InChI=1S/C15H22O4/c1-8-10-4-6-15(3)7-5-11(16)18-9(2)12(15)13(10)19-14(8)17/h8-10,12-13H,4-7H2,1-3H3/t8-,9?,10-,12+,13-,15-/m0/s1. The molecule has 2 aliphatic heterocycles. The molecule has 1 aliphatic carbocycles. The molecule has 0 aromatic carbocycles. The van der Waals surface area contributed by atoms with E-state index in [-0.39, 0.29) is 41.4 Å². The minimum Gasteiger partial charge on any atom is -0.462 e. The number of cyclic esters (lactones) is 1. The van der Waals surface area contributed by atoms with E-state index in [4.69, 9.17) is 9.47 Å². The van der Waals surface area contributed by atoms with Crippen LogP contribution in [0.1, 0.15) is 46.5 Å². The van der Waals surface area contributed by atoms with Gasteiger partial charge < -0.3 is 9.47 Å². The van der Waals surface area contributed by atoms with Gasteiger partial charge in [-0.15, -0.1) is 0 Å².